The molecule has 412 valence electrons. The van der Waals surface area contributed by atoms with Gasteiger partial charge >= 0.3 is 12.1 Å². The van der Waals surface area contributed by atoms with Crippen molar-refractivity contribution in [1.82, 2.24) is 35.0 Å². The number of terminal acetylenes is 1. The van der Waals surface area contributed by atoms with Crippen LogP contribution in [0.3, 0.4) is 0 Å². The Morgan fingerprint density at radius 3 is 2.47 bits per heavy atom. The van der Waals surface area contributed by atoms with Crippen molar-refractivity contribution < 1.29 is 42.2 Å². The van der Waals surface area contributed by atoms with E-state index in [1.165, 1.54) is 12.5 Å². The van der Waals surface area contributed by atoms with Gasteiger partial charge in [0.25, 0.3) is 5.91 Å². The van der Waals surface area contributed by atoms with E-state index in [9.17, 15) is 19.2 Å². The number of rotatable bonds is 11. The summed E-state index contributed by atoms with van der Waals surface area (Å²) in [4.78, 5) is 76.5. The van der Waals surface area contributed by atoms with Crippen molar-refractivity contribution in [3.8, 4) is 29.6 Å². The lowest BCUT2D eigenvalue weighted by Crippen LogP contribution is -2.52. The molecule has 4 atom stereocenters. The highest BCUT2D eigenvalue weighted by molar-refractivity contribution is 6.06. The maximum atomic E-state index is 17.4. The summed E-state index contributed by atoms with van der Waals surface area (Å²) in [6.07, 6.45) is 18.3. The Kier molecular flexibility index (Phi) is 13.8. The van der Waals surface area contributed by atoms with E-state index in [0.29, 0.717) is 123 Å². The van der Waals surface area contributed by atoms with Crippen LogP contribution in [-0.4, -0.2) is 143 Å². The first-order chi connectivity index (χ1) is 38.5. The van der Waals surface area contributed by atoms with Crippen LogP contribution in [0.25, 0.3) is 32.9 Å². The quantitative estimate of drug-likeness (QED) is 0.0994. The predicted molar refractivity (Wildman–Crippen MR) is 293 cm³/mol. The van der Waals surface area contributed by atoms with E-state index in [1.54, 1.807) is 23.1 Å². The van der Waals surface area contributed by atoms with Gasteiger partial charge in [-0.1, -0.05) is 43.0 Å². The molecule has 10 heterocycles. The molecule has 0 radical (unpaired) electrons. The highest BCUT2D eigenvalue weighted by atomic mass is 19.1. The third-order valence-electron chi connectivity index (χ3n) is 18.9. The molecule has 1 N–H and O–H groups in total. The smallest absolute Gasteiger partial charge is 0.409 e. The molecule has 4 amide bonds. The summed E-state index contributed by atoms with van der Waals surface area (Å²) in [5, 5.41) is 4.04. The molecule has 0 saturated carbocycles. The second-order valence-electron chi connectivity index (χ2n) is 23.3. The summed E-state index contributed by atoms with van der Waals surface area (Å²) >= 11 is 0. The number of likely N-dealkylation sites (tertiary alicyclic amines) is 1. The molecule has 0 spiro atoms. The Labute approximate surface area is 458 Å². The van der Waals surface area contributed by atoms with Gasteiger partial charge in [-0.3, -0.25) is 24.6 Å². The Hall–Kier alpha value is -6.97. The second-order valence-corrected chi connectivity index (χ2v) is 23.3. The summed E-state index contributed by atoms with van der Waals surface area (Å²) in [5.41, 5.74) is 3.65. The number of hydrogen-bond donors (Lipinski definition) is 1. The van der Waals surface area contributed by atoms with Crippen molar-refractivity contribution in [3.63, 3.8) is 0 Å². The van der Waals surface area contributed by atoms with Crippen molar-refractivity contribution in [2.45, 2.75) is 127 Å². The van der Waals surface area contributed by atoms with E-state index >= 15 is 8.78 Å². The molecular formula is C61H67F2N9O7. The van der Waals surface area contributed by atoms with Crippen LogP contribution in [0, 0.1) is 35.8 Å². The lowest BCUT2D eigenvalue weighted by atomic mass is 9.85. The van der Waals surface area contributed by atoms with Crippen LogP contribution < -0.4 is 19.9 Å². The maximum absolute atomic E-state index is 17.4. The number of ether oxygens (including phenoxy) is 3. The van der Waals surface area contributed by atoms with Gasteiger partial charge in [0.15, 0.2) is 5.82 Å². The van der Waals surface area contributed by atoms with Gasteiger partial charge in [0.1, 0.15) is 42.1 Å². The van der Waals surface area contributed by atoms with Crippen molar-refractivity contribution >= 4 is 57.0 Å². The zero-order chi connectivity index (χ0) is 53.9. The second kappa shape index (κ2) is 21.3. The number of carbonyl (C=O) groups is 4. The Morgan fingerprint density at radius 2 is 1.66 bits per heavy atom. The minimum Gasteiger partial charge on any atom is -0.461 e. The van der Waals surface area contributed by atoms with E-state index in [1.807, 2.05) is 23.1 Å². The van der Waals surface area contributed by atoms with Crippen LogP contribution in [0.1, 0.15) is 117 Å². The fraction of sp³-hybridized carbons (Fsp3) is 0.525. The van der Waals surface area contributed by atoms with Crippen LogP contribution in [0.4, 0.5) is 25.1 Å². The molecule has 16 nitrogen and oxygen atoms in total. The number of imide groups is 1. The van der Waals surface area contributed by atoms with Gasteiger partial charge in [-0.05, 0) is 131 Å². The van der Waals surface area contributed by atoms with Crippen LogP contribution in [0.15, 0.2) is 48.5 Å². The first-order valence-corrected chi connectivity index (χ1v) is 28.8. The highest BCUT2D eigenvalue weighted by Crippen LogP contribution is 2.45. The van der Waals surface area contributed by atoms with E-state index in [-0.39, 0.29) is 64.7 Å². The van der Waals surface area contributed by atoms with Crippen molar-refractivity contribution in [3.05, 3.63) is 82.5 Å². The largest absolute Gasteiger partial charge is 0.461 e. The molecule has 0 aliphatic carbocycles. The Morgan fingerprint density at radius 1 is 0.835 bits per heavy atom. The van der Waals surface area contributed by atoms with Gasteiger partial charge in [0, 0.05) is 80.5 Å². The van der Waals surface area contributed by atoms with Gasteiger partial charge < -0.3 is 33.8 Å². The van der Waals surface area contributed by atoms with Crippen LogP contribution >= 0.6 is 0 Å². The normalized spacial score (nSPS) is 24.8. The van der Waals surface area contributed by atoms with Crippen molar-refractivity contribution in [2.75, 3.05) is 75.5 Å². The standard InChI is InChI=1S/C61H67F2N9O7/c1-2-44-47(62)14-10-39-6-3-7-46(51(39)44)54-53(63)55-52-48(64-54)15-12-42-34-77-31-5-25-70(42)56(52)67-59(66-55)79-36-61-23-4-26-72(61)43(18-24-61)35-78-60(76)69-29-21-38(22-30-69)9-8-37-19-27-68(28-20-37)41-11-13-45-40(32-41)33-71(58(45)75)49-16-17-50(73)65-57(49)74/h1,3,6-7,10-11,13-14,32,37-38,42-43,49H,4-5,8-9,12,15-31,33-36H2,(H,65,73,74)/t42-,43-,49?,61-/m0/s1. The number of anilines is 2. The molecule has 13 rings (SSSR count). The molecule has 1 unspecified atom stereocenters. The monoisotopic (exact) mass is 1080 g/mol. The van der Waals surface area contributed by atoms with Crippen LogP contribution in [0.5, 0.6) is 6.01 Å². The highest BCUT2D eigenvalue weighted by Gasteiger charge is 2.50. The zero-order valence-electron chi connectivity index (χ0n) is 44.7. The number of fused-ring (bicyclic) bond motifs is 5. The average Bonchev–Trinajstić information content (AvgIpc) is 4.12. The van der Waals surface area contributed by atoms with Gasteiger partial charge in [-0.15, -0.1) is 6.42 Å². The lowest BCUT2D eigenvalue weighted by molar-refractivity contribution is -0.136. The number of aromatic nitrogens is 3. The average molecular weight is 1080 g/mol. The number of carbonyl (C=O) groups excluding carboxylic acids is 4. The summed E-state index contributed by atoms with van der Waals surface area (Å²) in [6, 6.07) is 13.9. The molecule has 6 fully saturated rings. The maximum Gasteiger partial charge on any atom is 0.409 e. The van der Waals surface area contributed by atoms with Crippen LogP contribution in [0.2, 0.25) is 0 Å². The Bertz CT molecular complexity index is 3300. The lowest BCUT2D eigenvalue weighted by Gasteiger charge is -2.36. The van der Waals surface area contributed by atoms with Crippen molar-refractivity contribution in [2.24, 2.45) is 11.8 Å². The molecule has 2 aromatic heterocycles. The predicted octanol–water partition coefficient (Wildman–Crippen LogP) is 8.33. The summed E-state index contributed by atoms with van der Waals surface area (Å²) in [6.45, 7) is 6.95. The SMILES string of the molecule is C#Cc1c(F)ccc2cccc(-c3nc4c5c(nc(OC[C@@]67CCCN6[C@H](COC(=O)N6CCC(CCC8CCN(c9ccc%10c(c9)CN(C9CCC(=O)NC9=O)C%10=O)CC8)CC6)CC7)nc5c3F)N3CCCOC[C@@H]3CC4)c12. The molecule has 3 aromatic carbocycles. The minimum absolute atomic E-state index is 0.00528. The number of aryl methyl sites for hydroxylation is 1. The topological polar surface area (TPSA) is 163 Å². The van der Waals surface area contributed by atoms with E-state index < -0.39 is 23.6 Å². The number of amides is 4. The number of nitrogens with zero attached hydrogens (tertiary/aromatic N) is 8. The third-order valence-corrected chi connectivity index (χ3v) is 18.9. The number of benzene rings is 3. The first kappa shape index (κ1) is 51.5. The van der Waals surface area contributed by atoms with Crippen LogP contribution in [-0.2, 0) is 32.0 Å². The molecule has 5 aromatic rings. The minimum atomic E-state index is -0.643. The first-order valence-electron chi connectivity index (χ1n) is 28.8. The van der Waals surface area contributed by atoms with Gasteiger partial charge in [0.05, 0.1) is 34.8 Å². The zero-order valence-corrected chi connectivity index (χ0v) is 44.7. The number of hydrogen-bond acceptors (Lipinski definition) is 13. The van der Waals surface area contributed by atoms with Gasteiger partial charge in [-0.25, -0.2) is 18.6 Å². The molecule has 8 aliphatic heterocycles. The number of pyridine rings is 1. The molecule has 0 bridgehead atoms. The number of nitrogens with one attached hydrogen (secondary N) is 1. The number of piperidine rings is 3. The fourth-order valence-corrected chi connectivity index (χ4v) is 14.5. The molecule has 79 heavy (non-hydrogen) atoms. The fourth-order valence-electron chi connectivity index (χ4n) is 14.5. The van der Waals surface area contributed by atoms with Gasteiger partial charge in [-0.2, -0.15) is 9.97 Å². The Balaban J connectivity index is 0.613. The van der Waals surface area contributed by atoms with Gasteiger partial charge in [0.2, 0.25) is 11.8 Å². The molecule has 6 saturated heterocycles. The summed E-state index contributed by atoms with van der Waals surface area (Å²) in [5.74, 6) is 2.28. The molecular weight excluding hydrogens is 1010 g/mol. The summed E-state index contributed by atoms with van der Waals surface area (Å²) in [7, 11) is 0. The van der Waals surface area contributed by atoms with Crippen molar-refractivity contribution in [1.29, 1.82) is 0 Å². The summed E-state index contributed by atoms with van der Waals surface area (Å²) < 4.78 is 51.4. The van der Waals surface area contributed by atoms with E-state index in [0.717, 1.165) is 95.1 Å². The molecule has 8 aliphatic rings. The molecule has 18 heteroatoms. The number of halogens is 2. The van der Waals surface area contributed by atoms with E-state index in [2.05, 4.69) is 32.0 Å². The third kappa shape index (κ3) is 9.57. The van der Waals surface area contributed by atoms with E-state index in [4.69, 9.17) is 35.6 Å².